The summed E-state index contributed by atoms with van der Waals surface area (Å²) < 4.78 is 21.6. The van der Waals surface area contributed by atoms with E-state index in [1.165, 1.54) is 39.4 Å². The van der Waals surface area contributed by atoms with E-state index in [1.807, 2.05) is 0 Å². The van der Waals surface area contributed by atoms with E-state index in [4.69, 9.17) is 18.6 Å². The number of carbonyl (C=O) groups is 2. The Morgan fingerprint density at radius 3 is 2.59 bits per heavy atom. The molecule has 172 valence electrons. The van der Waals surface area contributed by atoms with Crippen molar-refractivity contribution in [1.29, 1.82) is 0 Å². The molecule has 1 aliphatic rings. The van der Waals surface area contributed by atoms with Crippen LogP contribution in [0.1, 0.15) is 48.2 Å². The fourth-order valence-electron chi connectivity index (χ4n) is 3.52. The summed E-state index contributed by atoms with van der Waals surface area (Å²) in [6.07, 6.45) is 8.71. The SMILES string of the molecule is COc1ccc(C(=O)N/C(=C\c2ccco2)C(=O)NCCCOC2CCCC2)cc1OC. The van der Waals surface area contributed by atoms with Gasteiger partial charge in [-0.3, -0.25) is 9.59 Å². The summed E-state index contributed by atoms with van der Waals surface area (Å²) in [5.74, 6) is 0.517. The first-order valence-electron chi connectivity index (χ1n) is 10.8. The molecule has 1 heterocycles. The van der Waals surface area contributed by atoms with Crippen LogP contribution in [0.15, 0.2) is 46.7 Å². The van der Waals surface area contributed by atoms with Crippen LogP contribution < -0.4 is 20.1 Å². The molecule has 1 saturated carbocycles. The van der Waals surface area contributed by atoms with Crippen molar-refractivity contribution in [2.45, 2.75) is 38.2 Å². The van der Waals surface area contributed by atoms with Gasteiger partial charge in [0.25, 0.3) is 11.8 Å². The topological polar surface area (TPSA) is 99.0 Å². The van der Waals surface area contributed by atoms with Crippen molar-refractivity contribution in [2.24, 2.45) is 0 Å². The van der Waals surface area contributed by atoms with Crippen LogP contribution in [0.4, 0.5) is 0 Å². The molecule has 0 aliphatic heterocycles. The van der Waals surface area contributed by atoms with Gasteiger partial charge in [-0.1, -0.05) is 12.8 Å². The Hall–Kier alpha value is -3.26. The van der Waals surface area contributed by atoms with Gasteiger partial charge in [0, 0.05) is 24.8 Å². The van der Waals surface area contributed by atoms with Gasteiger partial charge in [-0.2, -0.15) is 0 Å². The van der Waals surface area contributed by atoms with Gasteiger partial charge in [-0.05, 0) is 49.6 Å². The molecule has 0 bridgehead atoms. The number of rotatable bonds is 11. The molecule has 2 aromatic rings. The summed E-state index contributed by atoms with van der Waals surface area (Å²) in [5, 5.41) is 5.50. The number of methoxy groups -OCH3 is 2. The second-order valence-electron chi connectivity index (χ2n) is 7.48. The highest BCUT2D eigenvalue weighted by molar-refractivity contribution is 6.05. The molecule has 1 aromatic heterocycles. The highest BCUT2D eigenvalue weighted by Crippen LogP contribution is 2.27. The van der Waals surface area contributed by atoms with Crippen molar-refractivity contribution in [3.05, 3.63) is 53.6 Å². The number of carbonyl (C=O) groups excluding carboxylic acids is 2. The van der Waals surface area contributed by atoms with Gasteiger partial charge in [0.15, 0.2) is 11.5 Å². The lowest BCUT2D eigenvalue weighted by Gasteiger charge is -2.13. The maximum atomic E-state index is 12.8. The van der Waals surface area contributed by atoms with E-state index in [9.17, 15) is 9.59 Å². The second-order valence-corrected chi connectivity index (χ2v) is 7.48. The molecule has 3 rings (SSSR count). The van der Waals surface area contributed by atoms with Gasteiger partial charge < -0.3 is 29.3 Å². The molecule has 0 unspecified atom stereocenters. The number of nitrogens with one attached hydrogen (secondary N) is 2. The monoisotopic (exact) mass is 442 g/mol. The van der Waals surface area contributed by atoms with Gasteiger partial charge in [0.2, 0.25) is 0 Å². The number of hydrogen-bond donors (Lipinski definition) is 2. The standard InChI is InChI=1S/C24H30N2O6/c1-29-21-11-10-17(15-22(21)30-2)23(27)26-20(16-19-9-5-13-32-19)24(28)25-12-6-14-31-18-7-3-4-8-18/h5,9-11,13,15-16,18H,3-4,6-8,12,14H2,1-2H3,(H,25,28)(H,26,27)/b20-16-. The average Bonchev–Trinajstić information content (AvgIpc) is 3.52. The summed E-state index contributed by atoms with van der Waals surface area (Å²) in [6.45, 7) is 1.04. The molecule has 0 atom stereocenters. The van der Waals surface area contributed by atoms with E-state index in [0.29, 0.717) is 48.5 Å². The quantitative estimate of drug-likeness (QED) is 0.408. The maximum absolute atomic E-state index is 12.8. The Balaban J connectivity index is 1.61. The average molecular weight is 443 g/mol. The van der Waals surface area contributed by atoms with Crippen LogP contribution in [-0.2, 0) is 9.53 Å². The van der Waals surface area contributed by atoms with Crippen molar-refractivity contribution in [1.82, 2.24) is 10.6 Å². The Morgan fingerprint density at radius 1 is 1.12 bits per heavy atom. The minimum absolute atomic E-state index is 0.0800. The van der Waals surface area contributed by atoms with Gasteiger partial charge in [-0.15, -0.1) is 0 Å². The third-order valence-electron chi connectivity index (χ3n) is 5.23. The highest BCUT2D eigenvalue weighted by atomic mass is 16.5. The van der Waals surface area contributed by atoms with Crippen molar-refractivity contribution in [3.8, 4) is 11.5 Å². The van der Waals surface area contributed by atoms with Crippen LogP contribution in [0.25, 0.3) is 6.08 Å². The Kier molecular flexibility index (Phi) is 8.74. The number of furan rings is 1. The van der Waals surface area contributed by atoms with Crippen molar-refractivity contribution in [3.63, 3.8) is 0 Å². The first-order valence-corrected chi connectivity index (χ1v) is 10.8. The van der Waals surface area contributed by atoms with E-state index in [-0.39, 0.29) is 5.70 Å². The zero-order valence-electron chi connectivity index (χ0n) is 18.5. The van der Waals surface area contributed by atoms with Crippen LogP contribution in [0.3, 0.4) is 0 Å². The van der Waals surface area contributed by atoms with Crippen LogP contribution in [0.2, 0.25) is 0 Å². The van der Waals surface area contributed by atoms with Crippen LogP contribution in [-0.4, -0.2) is 45.3 Å². The third kappa shape index (κ3) is 6.62. The molecule has 0 radical (unpaired) electrons. The summed E-state index contributed by atoms with van der Waals surface area (Å²) in [5.41, 5.74) is 0.405. The van der Waals surface area contributed by atoms with Crippen LogP contribution in [0, 0.1) is 0 Å². The van der Waals surface area contributed by atoms with E-state index in [0.717, 1.165) is 12.8 Å². The number of ether oxygens (including phenoxy) is 3. The Bertz CT molecular complexity index is 917. The lowest BCUT2D eigenvalue weighted by molar-refractivity contribution is -0.117. The minimum atomic E-state index is -0.455. The van der Waals surface area contributed by atoms with Crippen molar-refractivity contribution < 1.29 is 28.2 Å². The molecule has 8 heteroatoms. The molecular formula is C24H30N2O6. The molecule has 32 heavy (non-hydrogen) atoms. The number of hydrogen-bond acceptors (Lipinski definition) is 6. The Labute approximate surface area is 187 Å². The smallest absolute Gasteiger partial charge is 0.267 e. The molecule has 8 nitrogen and oxygen atoms in total. The predicted molar refractivity (Wildman–Crippen MR) is 120 cm³/mol. The fraction of sp³-hybridized carbons (Fsp3) is 0.417. The molecule has 0 spiro atoms. The van der Waals surface area contributed by atoms with E-state index < -0.39 is 11.8 Å². The summed E-state index contributed by atoms with van der Waals surface area (Å²) in [6, 6.07) is 8.19. The maximum Gasteiger partial charge on any atom is 0.267 e. The predicted octanol–water partition coefficient (Wildman–Crippen LogP) is 3.53. The molecular weight excluding hydrogens is 412 g/mol. The first kappa shape index (κ1) is 23.4. The molecule has 2 amide bonds. The first-order chi connectivity index (χ1) is 15.6. The Morgan fingerprint density at radius 2 is 1.91 bits per heavy atom. The molecule has 0 saturated heterocycles. The summed E-state index contributed by atoms with van der Waals surface area (Å²) in [7, 11) is 3.01. The van der Waals surface area contributed by atoms with Crippen LogP contribution >= 0.6 is 0 Å². The zero-order valence-corrected chi connectivity index (χ0v) is 18.5. The van der Waals surface area contributed by atoms with Gasteiger partial charge in [-0.25, -0.2) is 0 Å². The third-order valence-corrected chi connectivity index (χ3v) is 5.23. The zero-order chi connectivity index (χ0) is 22.8. The molecule has 1 fully saturated rings. The van der Waals surface area contributed by atoms with E-state index in [1.54, 1.807) is 30.3 Å². The van der Waals surface area contributed by atoms with Gasteiger partial charge in [0.05, 0.1) is 26.6 Å². The van der Waals surface area contributed by atoms with Crippen molar-refractivity contribution in [2.75, 3.05) is 27.4 Å². The van der Waals surface area contributed by atoms with E-state index in [2.05, 4.69) is 10.6 Å². The second kappa shape index (κ2) is 12.0. The minimum Gasteiger partial charge on any atom is -0.493 e. The fourth-order valence-corrected chi connectivity index (χ4v) is 3.52. The molecule has 1 aliphatic carbocycles. The van der Waals surface area contributed by atoms with Gasteiger partial charge in [0.1, 0.15) is 11.5 Å². The molecule has 1 aromatic carbocycles. The van der Waals surface area contributed by atoms with Crippen molar-refractivity contribution >= 4 is 17.9 Å². The number of amides is 2. The summed E-state index contributed by atoms with van der Waals surface area (Å²) in [4.78, 5) is 25.6. The lowest BCUT2D eigenvalue weighted by Crippen LogP contribution is -2.35. The largest absolute Gasteiger partial charge is 0.493 e. The van der Waals surface area contributed by atoms with Gasteiger partial charge >= 0.3 is 0 Å². The molecule has 2 N–H and O–H groups in total. The lowest BCUT2D eigenvalue weighted by atomic mass is 10.1. The summed E-state index contributed by atoms with van der Waals surface area (Å²) >= 11 is 0. The normalized spacial score (nSPS) is 14.2. The van der Waals surface area contributed by atoms with E-state index >= 15 is 0 Å². The van der Waals surface area contributed by atoms with Crippen LogP contribution in [0.5, 0.6) is 11.5 Å². The number of benzene rings is 1. The highest BCUT2D eigenvalue weighted by Gasteiger charge is 2.18.